The van der Waals surface area contributed by atoms with Gasteiger partial charge in [-0.2, -0.15) is 4.98 Å². The highest BCUT2D eigenvalue weighted by Gasteiger charge is 2.20. The number of aromatic nitrogens is 1. The molecule has 0 amide bonds. The van der Waals surface area contributed by atoms with Crippen LogP contribution in [-0.4, -0.2) is 38.9 Å². The summed E-state index contributed by atoms with van der Waals surface area (Å²) in [4.78, 5) is 6.70. The second kappa shape index (κ2) is 5.91. The van der Waals surface area contributed by atoms with E-state index in [0.717, 1.165) is 38.4 Å². The van der Waals surface area contributed by atoms with Crippen molar-refractivity contribution in [2.24, 2.45) is 5.92 Å². The van der Waals surface area contributed by atoms with Crippen molar-refractivity contribution in [1.29, 1.82) is 0 Å². The van der Waals surface area contributed by atoms with Crippen LogP contribution in [0.1, 0.15) is 12.8 Å². The van der Waals surface area contributed by atoms with Crippen molar-refractivity contribution < 1.29 is 9.47 Å². The Morgan fingerprint density at radius 3 is 2.67 bits per heavy atom. The predicted molar refractivity (Wildman–Crippen MR) is 72.0 cm³/mol. The Morgan fingerprint density at radius 2 is 2.06 bits per heavy atom. The number of piperidine rings is 1. The van der Waals surface area contributed by atoms with Crippen molar-refractivity contribution >= 4 is 11.5 Å². The molecule has 1 aliphatic heterocycles. The van der Waals surface area contributed by atoms with Crippen LogP contribution in [0.15, 0.2) is 12.1 Å². The minimum atomic E-state index is 0.506. The summed E-state index contributed by atoms with van der Waals surface area (Å²) in [6.45, 7) is 2.87. The van der Waals surface area contributed by atoms with E-state index in [0.29, 0.717) is 17.5 Å². The lowest BCUT2D eigenvalue weighted by molar-refractivity contribution is 0.139. The topological polar surface area (TPSA) is 60.6 Å². The Morgan fingerprint density at radius 1 is 1.33 bits per heavy atom. The Labute approximate surface area is 108 Å². The van der Waals surface area contributed by atoms with Crippen molar-refractivity contribution in [3.63, 3.8) is 0 Å². The van der Waals surface area contributed by atoms with Crippen LogP contribution in [0.3, 0.4) is 0 Å². The van der Waals surface area contributed by atoms with Crippen molar-refractivity contribution in [3.05, 3.63) is 12.1 Å². The van der Waals surface area contributed by atoms with Gasteiger partial charge in [0.2, 0.25) is 5.88 Å². The largest absolute Gasteiger partial charge is 0.479 e. The molecule has 0 saturated carbocycles. The first-order valence-electron chi connectivity index (χ1n) is 6.29. The summed E-state index contributed by atoms with van der Waals surface area (Å²) in [6.07, 6.45) is 2.28. The molecular formula is C13H21N3O2. The van der Waals surface area contributed by atoms with Crippen LogP contribution in [0.5, 0.6) is 5.88 Å². The van der Waals surface area contributed by atoms with Crippen molar-refractivity contribution in [2.75, 3.05) is 44.5 Å². The van der Waals surface area contributed by atoms with Crippen molar-refractivity contribution in [3.8, 4) is 5.88 Å². The van der Waals surface area contributed by atoms with Gasteiger partial charge in [-0.05, 0) is 30.9 Å². The van der Waals surface area contributed by atoms with Gasteiger partial charge in [0.1, 0.15) is 5.82 Å². The number of nitrogen functional groups attached to an aromatic ring is 1. The maximum Gasteiger partial charge on any atom is 0.238 e. The second-order valence-electron chi connectivity index (χ2n) is 4.65. The van der Waals surface area contributed by atoms with E-state index >= 15 is 0 Å². The fourth-order valence-electron chi connectivity index (χ4n) is 2.35. The smallest absolute Gasteiger partial charge is 0.238 e. The molecule has 0 spiro atoms. The third-order valence-corrected chi connectivity index (χ3v) is 3.41. The average Bonchev–Trinajstić information content (AvgIpc) is 2.41. The molecule has 2 N–H and O–H groups in total. The molecule has 1 aliphatic rings. The van der Waals surface area contributed by atoms with Gasteiger partial charge in [0.15, 0.2) is 0 Å². The second-order valence-corrected chi connectivity index (χ2v) is 4.65. The van der Waals surface area contributed by atoms with Crippen molar-refractivity contribution in [1.82, 2.24) is 4.98 Å². The van der Waals surface area contributed by atoms with Crippen LogP contribution in [0.25, 0.3) is 0 Å². The summed E-state index contributed by atoms with van der Waals surface area (Å²) in [5.41, 5.74) is 6.35. The Balaban J connectivity index is 2.01. The Bertz CT molecular complexity index is 390. The first kappa shape index (κ1) is 13.0. The molecule has 0 aromatic carbocycles. The van der Waals surface area contributed by atoms with Gasteiger partial charge < -0.3 is 20.1 Å². The number of pyridine rings is 1. The first-order chi connectivity index (χ1) is 8.74. The molecule has 18 heavy (non-hydrogen) atoms. The minimum absolute atomic E-state index is 0.506. The number of anilines is 2. The van der Waals surface area contributed by atoms with E-state index in [1.165, 1.54) is 0 Å². The van der Waals surface area contributed by atoms with Crippen LogP contribution in [0.4, 0.5) is 11.5 Å². The van der Waals surface area contributed by atoms with Gasteiger partial charge in [0.25, 0.3) is 0 Å². The lowest BCUT2D eigenvalue weighted by Crippen LogP contribution is -2.35. The average molecular weight is 251 g/mol. The molecular weight excluding hydrogens is 230 g/mol. The highest BCUT2D eigenvalue weighted by molar-refractivity contribution is 5.54. The predicted octanol–water partition coefficient (Wildman–Crippen LogP) is 1.54. The highest BCUT2D eigenvalue weighted by atomic mass is 16.5. The van der Waals surface area contributed by atoms with Crippen LogP contribution < -0.4 is 15.4 Å². The van der Waals surface area contributed by atoms with E-state index < -0.39 is 0 Å². The third-order valence-electron chi connectivity index (χ3n) is 3.41. The zero-order valence-corrected chi connectivity index (χ0v) is 11.1. The SMILES string of the molecule is COCC1CCN(c2ccc(N)c(OC)n2)CC1. The minimum Gasteiger partial charge on any atom is -0.479 e. The van der Waals surface area contributed by atoms with Gasteiger partial charge in [-0.3, -0.25) is 0 Å². The zero-order chi connectivity index (χ0) is 13.0. The first-order valence-corrected chi connectivity index (χ1v) is 6.29. The molecule has 0 atom stereocenters. The highest BCUT2D eigenvalue weighted by Crippen LogP contribution is 2.26. The molecule has 0 unspecified atom stereocenters. The van der Waals surface area contributed by atoms with Crippen LogP contribution in [0.2, 0.25) is 0 Å². The van der Waals surface area contributed by atoms with Crippen LogP contribution in [0, 0.1) is 5.92 Å². The summed E-state index contributed by atoms with van der Waals surface area (Å²) < 4.78 is 10.4. The third kappa shape index (κ3) is 2.85. The molecule has 5 nitrogen and oxygen atoms in total. The molecule has 1 saturated heterocycles. The molecule has 0 radical (unpaired) electrons. The normalized spacial score (nSPS) is 16.9. The van der Waals surface area contributed by atoms with Crippen molar-refractivity contribution in [2.45, 2.75) is 12.8 Å². The summed E-state index contributed by atoms with van der Waals surface area (Å²) in [7, 11) is 3.35. The van der Waals surface area contributed by atoms with Gasteiger partial charge in [-0.15, -0.1) is 0 Å². The standard InChI is InChI=1S/C13H21N3O2/c1-17-9-10-5-7-16(8-6-10)12-4-3-11(14)13(15-12)18-2/h3-4,10H,5-9,14H2,1-2H3. The molecule has 0 aliphatic carbocycles. The fraction of sp³-hybridized carbons (Fsp3) is 0.615. The van der Waals surface area contributed by atoms with Crippen LogP contribution in [-0.2, 0) is 4.74 Å². The maximum absolute atomic E-state index is 5.77. The van der Waals surface area contributed by atoms with E-state index in [9.17, 15) is 0 Å². The summed E-state index contributed by atoms with van der Waals surface area (Å²) >= 11 is 0. The number of nitrogens with two attached hydrogens (primary N) is 1. The maximum atomic E-state index is 5.77. The lowest BCUT2D eigenvalue weighted by Gasteiger charge is -2.32. The Kier molecular flexibility index (Phi) is 4.25. The number of methoxy groups -OCH3 is 2. The van der Waals surface area contributed by atoms with Gasteiger partial charge in [0.05, 0.1) is 12.8 Å². The number of rotatable bonds is 4. The molecule has 0 bridgehead atoms. The summed E-state index contributed by atoms with van der Waals surface area (Å²) in [5.74, 6) is 2.12. The van der Waals surface area contributed by atoms with Gasteiger partial charge >= 0.3 is 0 Å². The number of hydrogen-bond acceptors (Lipinski definition) is 5. The van der Waals surface area contributed by atoms with E-state index in [1.54, 1.807) is 14.2 Å². The Hall–Kier alpha value is -1.49. The summed E-state index contributed by atoms with van der Waals surface area (Å²) in [6, 6.07) is 3.80. The number of hydrogen-bond donors (Lipinski definition) is 1. The molecule has 1 aromatic rings. The van der Waals surface area contributed by atoms with Gasteiger partial charge in [-0.1, -0.05) is 0 Å². The number of ether oxygens (including phenoxy) is 2. The lowest BCUT2D eigenvalue weighted by atomic mass is 9.98. The molecule has 2 rings (SSSR count). The van der Waals surface area contributed by atoms with E-state index in [4.69, 9.17) is 15.2 Å². The summed E-state index contributed by atoms with van der Waals surface area (Å²) in [5, 5.41) is 0. The monoisotopic (exact) mass is 251 g/mol. The number of nitrogens with zero attached hydrogens (tertiary/aromatic N) is 2. The molecule has 2 heterocycles. The van der Waals surface area contributed by atoms with Crippen LogP contribution >= 0.6 is 0 Å². The molecule has 100 valence electrons. The molecule has 1 fully saturated rings. The van der Waals surface area contributed by atoms with E-state index in [-0.39, 0.29) is 0 Å². The molecule has 5 heteroatoms. The van der Waals surface area contributed by atoms with E-state index in [2.05, 4.69) is 9.88 Å². The fourth-order valence-corrected chi connectivity index (χ4v) is 2.35. The quantitative estimate of drug-likeness (QED) is 0.879. The van der Waals surface area contributed by atoms with E-state index in [1.807, 2.05) is 12.1 Å². The molecule has 1 aromatic heterocycles. The van der Waals surface area contributed by atoms with Gasteiger partial charge in [-0.25, -0.2) is 0 Å². The zero-order valence-electron chi connectivity index (χ0n) is 11.1. The van der Waals surface area contributed by atoms with Gasteiger partial charge in [0, 0.05) is 26.8 Å².